The minimum absolute atomic E-state index is 0.0995. The second kappa shape index (κ2) is 10.4. The van der Waals surface area contributed by atoms with E-state index in [4.69, 9.17) is 14.2 Å². The number of hydrogen-bond acceptors (Lipinski definition) is 8. The number of ether oxygens (including phenoxy) is 3. The van der Waals surface area contributed by atoms with Gasteiger partial charge in [0.25, 0.3) is 5.91 Å². The summed E-state index contributed by atoms with van der Waals surface area (Å²) in [6.07, 6.45) is 3.13. The van der Waals surface area contributed by atoms with E-state index in [9.17, 15) is 14.9 Å². The second-order valence-electron chi connectivity index (χ2n) is 7.04. The van der Waals surface area contributed by atoms with Crippen molar-refractivity contribution in [2.45, 2.75) is 0 Å². The Kier molecular flexibility index (Phi) is 6.89. The van der Waals surface area contributed by atoms with Crippen molar-refractivity contribution in [3.8, 4) is 17.2 Å². The van der Waals surface area contributed by atoms with Crippen LogP contribution < -0.4 is 14.8 Å². The van der Waals surface area contributed by atoms with Crippen molar-refractivity contribution in [2.75, 3.05) is 25.6 Å². The number of nitro groups is 1. The fourth-order valence-electron chi connectivity index (χ4n) is 3.15. The van der Waals surface area contributed by atoms with Crippen molar-refractivity contribution in [3.63, 3.8) is 0 Å². The highest BCUT2D eigenvalue weighted by molar-refractivity contribution is 6.03. The molecule has 10 nitrogen and oxygen atoms in total. The van der Waals surface area contributed by atoms with Gasteiger partial charge in [0.1, 0.15) is 23.9 Å². The number of rotatable bonds is 9. The van der Waals surface area contributed by atoms with Gasteiger partial charge >= 0.3 is 5.69 Å². The lowest BCUT2D eigenvalue weighted by molar-refractivity contribution is -0.385. The first-order chi connectivity index (χ1) is 16.5. The summed E-state index contributed by atoms with van der Waals surface area (Å²) in [7, 11) is 1.52. The molecule has 0 aliphatic carbocycles. The maximum Gasteiger partial charge on any atom is 0.311 e. The summed E-state index contributed by atoms with van der Waals surface area (Å²) in [4.78, 5) is 31.8. The Bertz CT molecular complexity index is 1310. The SMILES string of the molecule is COCCOc1cc2nccc(Oc3ccc(C(=O)Nc4ccccn4)cc3)c2cc1[N+](=O)[O-]. The number of benzene rings is 2. The standard InChI is InChI=1S/C24H20N4O6/c1-32-12-13-33-22-15-19-18(14-20(22)28(30)31)21(9-11-25-19)34-17-7-5-16(6-8-17)24(29)27-23-4-2-3-10-26-23/h2-11,14-15H,12-13H2,1H3,(H,26,27,29). The highest BCUT2D eigenvalue weighted by Gasteiger charge is 2.19. The van der Waals surface area contributed by atoms with E-state index in [2.05, 4.69) is 15.3 Å². The van der Waals surface area contributed by atoms with Crippen molar-refractivity contribution in [1.82, 2.24) is 9.97 Å². The lowest BCUT2D eigenvalue weighted by Gasteiger charge is -2.11. The summed E-state index contributed by atoms with van der Waals surface area (Å²) < 4.78 is 16.4. The Hall–Kier alpha value is -4.57. The molecular weight excluding hydrogens is 440 g/mol. The fraction of sp³-hybridized carbons (Fsp3) is 0.125. The molecule has 172 valence electrons. The number of aromatic nitrogens is 2. The molecule has 1 amide bonds. The monoisotopic (exact) mass is 460 g/mol. The van der Waals surface area contributed by atoms with Crippen LogP contribution in [-0.2, 0) is 4.74 Å². The molecule has 2 aromatic heterocycles. The summed E-state index contributed by atoms with van der Waals surface area (Å²) in [6, 6.07) is 16.2. The van der Waals surface area contributed by atoms with Crippen LogP contribution >= 0.6 is 0 Å². The van der Waals surface area contributed by atoms with Gasteiger partial charge < -0.3 is 19.5 Å². The number of nitrogens with one attached hydrogen (secondary N) is 1. The molecule has 0 unspecified atom stereocenters. The molecule has 0 saturated heterocycles. The van der Waals surface area contributed by atoms with E-state index in [0.717, 1.165) is 0 Å². The largest absolute Gasteiger partial charge is 0.484 e. The van der Waals surface area contributed by atoms with Crippen molar-refractivity contribution in [3.05, 3.63) is 88.7 Å². The second-order valence-corrected chi connectivity index (χ2v) is 7.04. The third kappa shape index (κ3) is 5.25. The number of hydrogen-bond donors (Lipinski definition) is 1. The van der Waals surface area contributed by atoms with Gasteiger partial charge in [-0.05, 0) is 42.5 Å². The van der Waals surface area contributed by atoms with E-state index < -0.39 is 4.92 Å². The third-order valence-electron chi connectivity index (χ3n) is 4.77. The molecular formula is C24H20N4O6. The quantitative estimate of drug-likeness (QED) is 0.218. The Morgan fingerprint density at radius 1 is 1.00 bits per heavy atom. The smallest absolute Gasteiger partial charge is 0.311 e. The van der Waals surface area contributed by atoms with Crippen LogP contribution in [0.3, 0.4) is 0 Å². The number of amides is 1. The van der Waals surface area contributed by atoms with Gasteiger partial charge in [0, 0.05) is 37.2 Å². The van der Waals surface area contributed by atoms with Crippen LogP contribution in [0.2, 0.25) is 0 Å². The molecule has 4 rings (SSSR count). The summed E-state index contributed by atoms with van der Waals surface area (Å²) in [5.41, 5.74) is 0.691. The maximum absolute atomic E-state index is 12.4. The van der Waals surface area contributed by atoms with E-state index in [1.54, 1.807) is 54.7 Å². The first-order valence-electron chi connectivity index (χ1n) is 10.2. The molecule has 0 fully saturated rings. The minimum atomic E-state index is -0.520. The van der Waals surface area contributed by atoms with Crippen LogP contribution in [0.25, 0.3) is 10.9 Å². The Morgan fingerprint density at radius 3 is 2.53 bits per heavy atom. The molecule has 0 aliphatic rings. The van der Waals surface area contributed by atoms with Gasteiger partial charge in [-0.3, -0.25) is 19.9 Å². The van der Waals surface area contributed by atoms with Crippen LogP contribution in [0.4, 0.5) is 11.5 Å². The van der Waals surface area contributed by atoms with E-state index in [1.165, 1.54) is 25.4 Å². The van der Waals surface area contributed by atoms with Crippen molar-refractivity contribution in [2.24, 2.45) is 0 Å². The zero-order valence-electron chi connectivity index (χ0n) is 18.1. The third-order valence-corrected chi connectivity index (χ3v) is 4.77. The zero-order chi connectivity index (χ0) is 23.9. The zero-order valence-corrected chi connectivity index (χ0v) is 18.1. The van der Waals surface area contributed by atoms with Gasteiger partial charge in [-0.1, -0.05) is 6.07 Å². The van der Waals surface area contributed by atoms with Gasteiger partial charge in [-0.15, -0.1) is 0 Å². The van der Waals surface area contributed by atoms with E-state index >= 15 is 0 Å². The van der Waals surface area contributed by atoms with E-state index in [1.807, 2.05) is 0 Å². The highest BCUT2D eigenvalue weighted by Crippen LogP contribution is 2.37. The number of anilines is 1. The lowest BCUT2D eigenvalue weighted by atomic mass is 10.1. The molecule has 0 radical (unpaired) electrons. The van der Waals surface area contributed by atoms with Crippen molar-refractivity contribution in [1.29, 1.82) is 0 Å². The summed E-state index contributed by atoms with van der Waals surface area (Å²) >= 11 is 0. The Labute approximate surface area is 194 Å². The van der Waals surface area contributed by atoms with Crippen LogP contribution in [-0.4, -0.2) is 41.1 Å². The number of methoxy groups -OCH3 is 1. The fourth-order valence-corrected chi connectivity index (χ4v) is 3.15. The number of carbonyl (C=O) groups is 1. The first-order valence-corrected chi connectivity index (χ1v) is 10.2. The molecule has 0 aliphatic heterocycles. The number of fused-ring (bicyclic) bond motifs is 1. The van der Waals surface area contributed by atoms with Gasteiger partial charge in [-0.2, -0.15) is 0 Å². The molecule has 1 N–H and O–H groups in total. The van der Waals surface area contributed by atoms with E-state index in [0.29, 0.717) is 40.4 Å². The molecule has 10 heteroatoms. The molecule has 0 saturated carbocycles. The first kappa shape index (κ1) is 22.6. The number of nitrogens with zero attached hydrogens (tertiary/aromatic N) is 3. The van der Waals surface area contributed by atoms with Crippen LogP contribution in [0.1, 0.15) is 10.4 Å². The van der Waals surface area contributed by atoms with Crippen LogP contribution in [0.15, 0.2) is 73.1 Å². The van der Waals surface area contributed by atoms with Gasteiger partial charge in [0.05, 0.1) is 22.4 Å². The lowest BCUT2D eigenvalue weighted by Crippen LogP contribution is -2.12. The molecule has 4 aromatic rings. The van der Waals surface area contributed by atoms with E-state index in [-0.39, 0.29) is 24.0 Å². The van der Waals surface area contributed by atoms with Crippen LogP contribution in [0, 0.1) is 10.1 Å². The summed E-state index contributed by atoms with van der Waals surface area (Å²) in [6.45, 7) is 0.459. The van der Waals surface area contributed by atoms with Crippen molar-refractivity contribution >= 4 is 28.3 Å². The number of carbonyl (C=O) groups excluding carboxylic acids is 1. The molecule has 0 bridgehead atoms. The molecule has 2 aromatic carbocycles. The maximum atomic E-state index is 12.4. The van der Waals surface area contributed by atoms with Crippen molar-refractivity contribution < 1.29 is 23.9 Å². The topological polar surface area (TPSA) is 126 Å². The minimum Gasteiger partial charge on any atom is -0.484 e. The molecule has 34 heavy (non-hydrogen) atoms. The average Bonchev–Trinajstić information content (AvgIpc) is 2.85. The average molecular weight is 460 g/mol. The van der Waals surface area contributed by atoms with Gasteiger partial charge in [0.2, 0.25) is 0 Å². The molecule has 0 atom stereocenters. The highest BCUT2D eigenvalue weighted by atomic mass is 16.6. The van der Waals surface area contributed by atoms with Gasteiger partial charge in [-0.25, -0.2) is 4.98 Å². The molecule has 0 spiro atoms. The number of pyridine rings is 2. The van der Waals surface area contributed by atoms with Gasteiger partial charge in [0.15, 0.2) is 5.75 Å². The Morgan fingerprint density at radius 2 is 1.82 bits per heavy atom. The molecule has 2 heterocycles. The Balaban J connectivity index is 1.56. The summed E-state index contributed by atoms with van der Waals surface area (Å²) in [5, 5.41) is 14.7. The predicted molar refractivity (Wildman–Crippen MR) is 124 cm³/mol. The number of nitro benzene ring substituents is 1. The predicted octanol–water partition coefficient (Wildman–Crippen LogP) is 4.61. The van der Waals surface area contributed by atoms with Crippen LogP contribution in [0.5, 0.6) is 17.2 Å². The normalized spacial score (nSPS) is 10.6. The summed E-state index contributed by atoms with van der Waals surface area (Å²) in [5.74, 6) is 1.06.